The minimum atomic E-state index is 0.196. The van der Waals surface area contributed by atoms with Gasteiger partial charge >= 0.3 is 0 Å². The van der Waals surface area contributed by atoms with E-state index >= 15 is 0 Å². The SMILES string of the molecule is CCN1CCN(C(=O)Cc2nc3ccccc3cc2C)CC1. The zero-order valence-corrected chi connectivity index (χ0v) is 13.4. The first-order chi connectivity index (χ1) is 10.7. The van der Waals surface area contributed by atoms with E-state index in [0.717, 1.165) is 54.9 Å². The monoisotopic (exact) mass is 297 g/mol. The number of nitrogens with zero attached hydrogens (tertiary/aromatic N) is 3. The summed E-state index contributed by atoms with van der Waals surface area (Å²) in [5.74, 6) is 0.196. The molecule has 4 nitrogen and oxygen atoms in total. The van der Waals surface area contributed by atoms with Crippen LogP contribution in [0.4, 0.5) is 0 Å². The highest BCUT2D eigenvalue weighted by Gasteiger charge is 2.21. The first-order valence-corrected chi connectivity index (χ1v) is 8.02. The number of aromatic nitrogens is 1. The summed E-state index contributed by atoms with van der Waals surface area (Å²) < 4.78 is 0. The first kappa shape index (κ1) is 15.0. The van der Waals surface area contributed by atoms with Crippen molar-refractivity contribution in [3.05, 3.63) is 41.6 Å². The first-order valence-electron chi connectivity index (χ1n) is 8.02. The lowest BCUT2D eigenvalue weighted by Crippen LogP contribution is -2.49. The van der Waals surface area contributed by atoms with E-state index < -0.39 is 0 Å². The molecule has 22 heavy (non-hydrogen) atoms. The smallest absolute Gasteiger partial charge is 0.228 e. The van der Waals surface area contributed by atoms with Crippen LogP contribution in [-0.4, -0.2) is 53.4 Å². The highest BCUT2D eigenvalue weighted by Crippen LogP contribution is 2.17. The Morgan fingerprint density at radius 2 is 1.91 bits per heavy atom. The molecule has 0 saturated carbocycles. The van der Waals surface area contributed by atoms with Crippen LogP contribution in [0.15, 0.2) is 30.3 Å². The zero-order valence-electron chi connectivity index (χ0n) is 13.4. The van der Waals surface area contributed by atoms with E-state index in [9.17, 15) is 4.79 Å². The number of hydrogen-bond donors (Lipinski definition) is 0. The normalized spacial score (nSPS) is 16.2. The number of carbonyl (C=O) groups is 1. The quantitative estimate of drug-likeness (QED) is 0.872. The average Bonchev–Trinajstić information content (AvgIpc) is 2.55. The van der Waals surface area contributed by atoms with Crippen LogP contribution in [0, 0.1) is 6.92 Å². The molecule has 0 aliphatic carbocycles. The van der Waals surface area contributed by atoms with Crippen molar-refractivity contribution in [2.75, 3.05) is 32.7 Å². The van der Waals surface area contributed by atoms with Gasteiger partial charge in [-0.25, -0.2) is 0 Å². The third-order valence-electron chi connectivity index (χ3n) is 4.51. The highest BCUT2D eigenvalue weighted by atomic mass is 16.2. The predicted molar refractivity (Wildman–Crippen MR) is 88.9 cm³/mol. The summed E-state index contributed by atoms with van der Waals surface area (Å²) >= 11 is 0. The van der Waals surface area contributed by atoms with E-state index in [1.54, 1.807) is 0 Å². The summed E-state index contributed by atoms with van der Waals surface area (Å²) in [6.07, 6.45) is 0.406. The number of likely N-dealkylation sites (N-methyl/N-ethyl adjacent to an activating group) is 1. The van der Waals surface area contributed by atoms with Gasteiger partial charge in [0.05, 0.1) is 17.6 Å². The molecule has 0 spiro atoms. The average molecular weight is 297 g/mol. The van der Waals surface area contributed by atoms with Crippen molar-refractivity contribution < 1.29 is 4.79 Å². The van der Waals surface area contributed by atoms with E-state index in [-0.39, 0.29) is 5.91 Å². The second-order valence-electron chi connectivity index (χ2n) is 5.94. The fourth-order valence-electron chi connectivity index (χ4n) is 3.01. The summed E-state index contributed by atoms with van der Waals surface area (Å²) in [7, 11) is 0. The molecule has 1 aromatic carbocycles. The fourth-order valence-corrected chi connectivity index (χ4v) is 3.01. The minimum absolute atomic E-state index is 0.196. The molecule has 116 valence electrons. The minimum Gasteiger partial charge on any atom is -0.340 e. The van der Waals surface area contributed by atoms with Gasteiger partial charge in [0.1, 0.15) is 0 Å². The Morgan fingerprint density at radius 3 is 2.64 bits per heavy atom. The molecule has 1 aliphatic heterocycles. The maximum Gasteiger partial charge on any atom is 0.228 e. The van der Waals surface area contributed by atoms with Crippen LogP contribution in [0.3, 0.4) is 0 Å². The Kier molecular flexibility index (Phi) is 4.39. The zero-order chi connectivity index (χ0) is 15.5. The Labute approximate surface area is 131 Å². The van der Waals surface area contributed by atoms with Crippen LogP contribution in [0.2, 0.25) is 0 Å². The van der Waals surface area contributed by atoms with Gasteiger partial charge in [0.2, 0.25) is 5.91 Å². The molecular formula is C18H23N3O. The third kappa shape index (κ3) is 3.12. The van der Waals surface area contributed by atoms with Gasteiger partial charge in [-0.1, -0.05) is 25.1 Å². The van der Waals surface area contributed by atoms with E-state index in [1.165, 1.54) is 0 Å². The van der Waals surface area contributed by atoms with E-state index in [1.807, 2.05) is 30.0 Å². The van der Waals surface area contributed by atoms with Crippen LogP contribution in [0.25, 0.3) is 10.9 Å². The molecule has 2 aromatic rings. The standard InChI is InChI=1S/C18H23N3O/c1-3-20-8-10-21(11-9-20)18(22)13-17-14(2)12-15-6-4-5-7-16(15)19-17/h4-7,12H,3,8-11,13H2,1-2H3. The number of fused-ring (bicyclic) bond motifs is 1. The lowest BCUT2D eigenvalue weighted by atomic mass is 10.1. The summed E-state index contributed by atoms with van der Waals surface area (Å²) in [5.41, 5.74) is 2.97. The molecule has 0 N–H and O–H groups in total. The molecule has 1 saturated heterocycles. The second kappa shape index (κ2) is 6.44. The van der Waals surface area contributed by atoms with Gasteiger partial charge in [0.25, 0.3) is 0 Å². The van der Waals surface area contributed by atoms with Gasteiger partial charge in [-0.05, 0) is 31.2 Å². The molecule has 2 heterocycles. The number of carbonyl (C=O) groups excluding carboxylic acids is 1. The molecule has 0 unspecified atom stereocenters. The van der Waals surface area contributed by atoms with Gasteiger partial charge in [-0.3, -0.25) is 9.78 Å². The lowest BCUT2D eigenvalue weighted by molar-refractivity contribution is -0.132. The van der Waals surface area contributed by atoms with Gasteiger partial charge in [-0.2, -0.15) is 0 Å². The van der Waals surface area contributed by atoms with Crippen LogP contribution in [0.5, 0.6) is 0 Å². The van der Waals surface area contributed by atoms with Gasteiger partial charge in [0.15, 0.2) is 0 Å². The maximum atomic E-state index is 12.5. The largest absolute Gasteiger partial charge is 0.340 e. The van der Waals surface area contributed by atoms with Crippen LogP contribution < -0.4 is 0 Å². The van der Waals surface area contributed by atoms with Crippen molar-refractivity contribution in [1.29, 1.82) is 0 Å². The number of para-hydroxylation sites is 1. The van der Waals surface area contributed by atoms with E-state index in [0.29, 0.717) is 6.42 Å². The van der Waals surface area contributed by atoms with Crippen molar-refractivity contribution in [3.63, 3.8) is 0 Å². The second-order valence-corrected chi connectivity index (χ2v) is 5.94. The van der Waals surface area contributed by atoms with Gasteiger partial charge in [-0.15, -0.1) is 0 Å². The molecule has 1 aliphatic rings. The Balaban J connectivity index is 1.73. The molecule has 4 heteroatoms. The summed E-state index contributed by atoms with van der Waals surface area (Å²) in [5, 5.41) is 1.13. The van der Waals surface area contributed by atoms with E-state index in [4.69, 9.17) is 0 Å². The summed E-state index contributed by atoms with van der Waals surface area (Å²) in [6.45, 7) is 8.89. The molecular weight excluding hydrogens is 274 g/mol. The van der Waals surface area contributed by atoms with Crippen molar-refractivity contribution in [3.8, 4) is 0 Å². The Morgan fingerprint density at radius 1 is 1.18 bits per heavy atom. The molecule has 0 radical (unpaired) electrons. The van der Waals surface area contributed by atoms with Crippen LogP contribution >= 0.6 is 0 Å². The number of amides is 1. The summed E-state index contributed by atoms with van der Waals surface area (Å²) in [6, 6.07) is 10.2. The number of hydrogen-bond acceptors (Lipinski definition) is 3. The maximum absolute atomic E-state index is 12.5. The van der Waals surface area contributed by atoms with E-state index in [2.05, 4.69) is 28.9 Å². The van der Waals surface area contributed by atoms with Gasteiger partial charge in [0, 0.05) is 31.6 Å². The lowest BCUT2D eigenvalue weighted by Gasteiger charge is -2.34. The van der Waals surface area contributed by atoms with Crippen molar-refractivity contribution >= 4 is 16.8 Å². The predicted octanol–water partition coefficient (Wildman–Crippen LogP) is 2.25. The van der Waals surface area contributed by atoms with Crippen molar-refractivity contribution in [2.45, 2.75) is 20.3 Å². The number of piperazine rings is 1. The third-order valence-corrected chi connectivity index (χ3v) is 4.51. The fraction of sp³-hybridized carbons (Fsp3) is 0.444. The number of benzene rings is 1. The molecule has 1 aromatic heterocycles. The molecule has 1 fully saturated rings. The number of aryl methyl sites for hydroxylation is 1. The molecule has 0 bridgehead atoms. The Hall–Kier alpha value is -1.94. The van der Waals surface area contributed by atoms with Gasteiger partial charge < -0.3 is 9.80 Å². The number of rotatable bonds is 3. The Bertz CT molecular complexity index is 675. The highest BCUT2D eigenvalue weighted by molar-refractivity contribution is 5.82. The molecule has 3 rings (SSSR count). The van der Waals surface area contributed by atoms with Crippen molar-refractivity contribution in [1.82, 2.24) is 14.8 Å². The van der Waals surface area contributed by atoms with Crippen molar-refractivity contribution in [2.24, 2.45) is 0 Å². The van der Waals surface area contributed by atoms with Crippen LogP contribution in [0.1, 0.15) is 18.2 Å². The van der Waals surface area contributed by atoms with Crippen LogP contribution in [-0.2, 0) is 11.2 Å². The summed E-state index contributed by atoms with van der Waals surface area (Å²) in [4.78, 5) is 21.6. The number of pyridine rings is 1. The molecule has 0 atom stereocenters. The topological polar surface area (TPSA) is 36.4 Å². The molecule has 1 amide bonds.